The second-order valence-electron chi connectivity index (χ2n) is 8.80. The first-order chi connectivity index (χ1) is 17.0. The molecule has 2 heterocycles. The van der Waals surface area contributed by atoms with Gasteiger partial charge in [0.15, 0.2) is 0 Å². The van der Waals surface area contributed by atoms with E-state index in [0.717, 1.165) is 28.1 Å². The van der Waals surface area contributed by atoms with E-state index in [-0.39, 0.29) is 18.5 Å². The molecule has 0 spiro atoms. The van der Waals surface area contributed by atoms with Crippen LogP contribution in [0.15, 0.2) is 89.0 Å². The van der Waals surface area contributed by atoms with Gasteiger partial charge in [-0.15, -0.1) is 5.10 Å². The van der Waals surface area contributed by atoms with E-state index in [4.69, 9.17) is 14.8 Å². The third kappa shape index (κ3) is 4.23. The van der Waals surface area contributed by atoms with Crippen molar-refractivity contribution in [2.75, 3.05) is 11.6 Å². The van der Waals surface area contributed by atoms with Gasteiger partial charge in [0.25, 0.3) is 0 Å². The molecule has 0 saturated heterocycles. The topological polar surface area (TPSA) is 57.5 Å². The lowest BCUT2D eigenvalue weighted by Gasteiger charge is -2.33. The van der Waals surface area contributed by atoms with E-state index in [9.17, 15) is 4.79 Å². The van der Waals surface area contributed by atoms with Crippen LogP contribution < -0.4 is 5.01 Å². The van der Waals surface area contributed by atoms with Gasteiger partial charge in [-0.25, -0.2) is 9.79 Å². The van der Waals surface area contributed by atoms with Gasteiger partial charge in [0.05, 0.1) is 24.0 Å². The molecule has 0 amide bonds. The molecule has 0 radical (unpaired) electrons. The summed E-state index contributed by atoms with van der Waals surface area (Å²) >= 11 is 0. The fraction of sp³-hybridized carbons (Fsp3) is 0.207. The third-order valence-corrected chi connectivity index (χ3v) is 6.21. The maximum absolute atomic E-state index is 13.1. The normalized spacial score (nSPS) is 16.9. The van der Waals surface area contributed by atoms with Crippen LogP contribution in [0, 0.1) is 20.8 Å². The molecule has 0 aliphatic carbocycles. The van der Waals surface area contributed by atoms with Crippen molar-refractivity contribution in [2.45, 2.75) is 33.7 Å². The minimum Gasteiger partial charge on any atom is -0.460 e. The van der Waals surface area contributed by atoms with Crippen molar-refractivity contribution in [3.05, 3.63) is 107 Å². The van der Waals surface area contributed by atoms with Crippen molar-refractivity contribution >= 4 is 29.1 Å². The molecule has 176 valence electrons. The molecule has 0 N–H and O–H groups in total. The Balaban J connectivity index is 1.70. The van der Waals surface area contributed by atoms with Crippen LogP contribution in [0.1, 0.15) is 40.8 Å². The van der Waals surface area contributed by atoms with E-state index in [2.05, 4.69) is 68.5 Å². The highest BCUT2D eigenvalue weighted by molar-refractivity contribution is 6.41. The number of esters is 1. The quantitative estimate of drug-likeness (QED) is 0.450. The van der Waals surface area contributed by atoms with Crippen LogP contribution in [0.25, 0.3) is 5.70 Å². The molecule has 0 fully saturated rings. The van der Waals surface area contributed by atoms with Gasteiger partial charge in [-0.2, -0.15) is 5.01 Å². The molecule has 0 unspecified atom stereocenters. The second kappa shape index (κ2) is 9.22. The van der Waals surface area contributed by atoms with Crippen molar-refractivity contribution in [1.82, 2.24) is 4.90 Å². The molecular weight excluding hydrogens is 436 g/mol. The Morgan fingerprint density at radius 3 is 2.23 bits per heavy atom. The van der Waals surface area contributed by atoms with Gasteiger partial charge < -0.3 is 4.74 Å². The average Bonchev–Trinajstić information content (AvgIpc) is 3.24. The van der Waals surface area contributed by atoms with E-state index in [0.29, 0.717) is 5.96 Å². The van der Waals surface area contributed by atoms with Crippen LogP contribution in [-0.2, 0) is 9.53 Å². The molecule has 2 aliphatic rings. The fourth-order valence-electron chi connectivity index (χ4n) is 4.30. The number of fused-ring (bicyclic) bond motifs is 1. The smallest absolute Gasteiger partial charge is 0.376 e. The summed E-state index contributed by atoms with van der Waals surface area (Å²) in [6.45, 7) is 8.21. The highest BCUT2D eigenvalue weighted by Crippen LogP contribution is 2.38. The van der Waals surface area contributed by atoms with Crippen molar-refractivity contribution in [1.29, 1.82) is 0 Å². The molecule has 0 aromatic heterocycles. The highest BCUT2D eigenvalue weighted by Gasteiger charge is 2.43. The van der Waals surface area contributed by atoms with Gasteiger partial charge >= 0.3 is 5.97 Å². The Kier molecular flexibility index (Phi) is 5.95. The second-order valence-corrected chi connectivity index (χ2v) is 8.80. The monoisotopic (exact) mass is 464 g/mol. The number of benzene rings is 3. The van der Waals surface area contributed by atoms with Crippen molar-refractivity contribution < 1.29 is 9.53 Å². The number of aryl methyl sites for hydroxylation is 3. The van der Waals surface area contributed by atoms with Crippen LogP contribution >= 0.6 is 0 Å². The number of carbonyl (C=O) groups is 1. The van der Waals surface area contributed by atoms with Crippen LogP contribution in [0.4, 0.5) is 5.69 Å². The SMILES string of the molecule is CCOC(=O)C1=NN(c2ccccc2C)C2=NC(c3ccc(C)cc3)=C[C@@H](c3ccc(C)cc3)N12. The summed E-state index contributed by atoms with van der Waals surface area (Å²) in [7, 11) is 0. The number of hydrazone groups is 1. The Morgan fingerprint density at radius 1 is 0.914 bits per heavy atom. The molecule has 35 heavy (non-hydrogen) atoms. The van der Waals surface area contributed by atoms with E-state index in [1.54, 1.807) is 11.9 Å². The van der Waals surface area contributed by atoms with Gasteiger partial charge in [0, 0.05) is 5.56 Å². The zero-order chi connectivity index (χ0) is 24.5. The number of para-hydroxylation sites is 1. The van der Waals surface area contributed by atoms with E-state index >= 15 is 0 Å². The molecule has 0 bridgehead atoms. The van der Waals surface area contributed by atoms with E-state index < -0.39 is 5.97 Å². The zero-order valence-electron chi connectivity index (χ0n) is 20.4. The predicted octanol–water partition coefficient (Wildman–Crippen LogP) is 5.76. The number of carbonyl (C=O) groups excluding carboxylic acids is 1. The Labute approximate surface area is 205 Å². The van der Waals surface area contributed by atoms with Crippen molar-refractivity contribution in [3.63, 3.8) is 0 Å². The summed E-state index contributed by atoms with van der Waals surface area (Å²) < 4.78 is 5.40. The standard InChI is InChI=1S/C29H28N4O2/c1-5-35-28(34)27-31-33(25-9-7-6-8-21(25)4)29-30-24(22-14-10-19(2)11-15-22)18-26(32(27)29)23-16-12-20(3)13-17-23/h6-18,26H,5H2,1-4H3/t26-/m0/s1. The lowest BCUT2D eigenvalue weighted by Crippen LogP contribution is -2.44. The summed E-state index contributed by atoms with van der Waals surface area (Å²) in [6, 6.07) is 24.3. The molecule has 5 rings (SSSR count). The van der Waals surface area contributed by atoms with E-state index in [1.165, 1.54) is 11.1 Å². The van der Waals surface area contributed by atoms with E-state index in [1.807, 2.05) is 36.1 Å². The van der Waals surface area contributed by atoms with Crippen LogP contribution in [0.2, 0.25) is 0 Å². The van der Waals surface area contributed by atoms with Gasteiger partial charge in [-0.1, -0.05) is 77.9 Å². The number of hydrogen-bond acceptors (Lipinski definition) is 6. The minimum atomic E-state index is -0.472. The fourth-order valence-corrected chi connectivity index (χ4v) is 4.30. The first-order valence-corrected chi connectivity index (χ1v) is 11.8. The number of ether oxygens (including phenoxy) is 1. The molecule has 3 aromatic carbocycles. The van der Waals surface area contributed by atoms with Crippen LogP contribution in [0.5, 0.6) is 0 Å². The Bertz CT molecular complexity index is 1350. The van der Waals surface area contributed by atoms with Crippen LogP contribution in [-0.4, -0.2) is 29.3 Å². The van der Waals surface area contributed by atoms with Crippen LogP contribution in [0.3, 0.4) is 0 Å². The Hall–Kier alpha value is -4.19. The number of anilines is 1. The summed E-state index contributed by atoms with van der Waals surface area (Å²) in [5.74, 6) is 0.324. The summed E-state index contributed by atoms with van der Waals surface area (Å²) in [5, 5.41) is 6.51. The number of aliphatic imine (C=N–C) groups is 1. The minimum absolute atomic E-state index is 0.221. The molecule has 6 heteroatoms. The third-order valence-electron chi connectivity index (χ3n) is 6.21. The largest absolute Gasteiger partial charge is 0.460 e. The lowest BCUT2D eigenvalue weighted by atomic mass is 9.99. The number of guanidine groups is 1. The van der Waals surface area contributed by atoms with Gasteiger partial charge in [0.1, 0.15) is 0 Å². The molecule has 2 aliphatic heterocycles. The van der Waals surface area contributed by atoms with Crippen molar-refractivity contribution in [3.8, 4) is 0 Å². The summed E-state index contributed by atoms with van der Waals surface area (Å²) in [6.07, 6.45) is 2.09. The number of amidine groups is 1. The molecule has 0 saturated carbocycles. The first-order valence-electron chi connectivity index (χ1n) is 11.8. The zero-order valence-corrected chi connectivity index (χ0v) is 20.4. The molecule has 3 aromatic rings. The van der Waals surface area contributed by atoms with Gasteiger partial charge in [0.2, 0.25) is 11.8 Å². The van der Waals surface area contributed by atoms with Crippen molar-refractivity contribution in [2.24, 2.45) is 10.1 Å². The first kappa shape index (κ1) is 22.6. The molecule has 6 nitrogen and oxygen atoms in total. The lowest BCUT2D eigenvalue weighted by molar-refractivity contribution is -0.135. The molecule has 1 atom stereocenters. The average molecular weight is 465 g/mol. The maximum atomic E-state index is 13.1. The molecular formula is C29H28N4O2. The van der Waals surface area contributed by atoms with Gasteiger partial charge in [-0.05, 0) is 51.0 Å². The maximum Gasteiger partial charge on any atom is 0.376 e. The van der Waals surface area contributed by atoms with Gasteiger partial charge in [-0.3, -0.25) is 4.90 Å². The number of nitrogens with zero attached hydrogens (tertiary/aromatic N) is 4. The summed E-state index contributed by atoms with van der Waals surface area (Å²) in [4.78, 5) is 20.0. The summed E-state index contributed by atoms with van der Waals surface area (Å²) in [5.41, 5.74) is 7.13. The number of hydrogen-bond donors (Lipinski definition) is 0. The Morgan fingerprint density at radius 2 is 1.57 bits per heavy atom. The highest BCUT2D eigenvalue weighted by atomic mass is 16.5. The number of rotatable bonds is 5. The predicted molar refractivity (Wildman–Crippen MR) is 140 cm³/mol.